The van der Waals surface area contributed by atoms with E-state index < -0.39 is 10.7 Å². The monoisotopic (exact) mass is 243 g/mol. The van der Waals surface area contributed by atoms with E-state index in [9.17, 15) is 10.1 Å². The van der Waals surface area contributed by atoms with E-state index in [1.54, 1.807) is 25.2 Å². The van der Waals surface area contributed by atoms with Crippen LogP contribution in [0.5, 0.6) is 0 Å². The number of nitro groups is 1. The molecule has 0 aliphatic carbocycles. The molecule has 0 unspecified atom stereocenters. The van der Waals surface area contributed by atoms with Gasteiger partial charge in [-0.25, -0.2) is 0 Å². The van der Waals surface area contributed by atoms with Crippen molar-refractivity contribution in [1.82, 2.24) is 9.78 Å². The quantitative estimate of drug-likeness (QED) is 0.656. The molecule has 0 amide bonds. The van der Waals surface area contributed by atoms with Crippen molar-refractivity contribution < 1.29 is 4.92 Å². The lowest BCUT2D eigenvalue weighted by atomic mass is 10.3. The first-order valence-corrected chi connectivity index (χ1v) is 5.07. The minimum Gasteiger partial charge on any atom is -0.358 e. The predicted molar refractivity (Wildman–Crippen MR) is 64.3 cm³/mol. The minimum atomic E-state index is -0.672. The van der Waals surface area contributed by atoms with Crippen molar-refractivity contribution >= 4 is 17.3 Å². The summed E-state index contributed by atoms with van der Waals surface area (Å²) >= 11 is 0. The number of anilines is 2. The fraction of sp³-hybridized carbons (Fsp3) is 0.0909. The molecule has 90 valence electrons. The number of nitrogens with zero attached hydrogens (tertiary/aromatic N) is 4. The Morgan fingerprint density at radius 2 is 2.11 bits per heavy atom. The van der Waals surface area contributed by atoms with Gasteiger partial charge in [0.25, 0.3) is 0 Å². The molecule has 0 atom stereocenters. The molecule has 1 aromatic carbocycles. The third-order valence-corrected chi connectivity index (χ3v) is 2.35. The van der Waals surface area contributed by atoms with Crippen LogP contribution in [0.2, 0.25) is 0 Å². The first kappa shape index (κ1) is 11.6. The zero-order valence-electron chi connectivity index (χ0n) is 9.49. The van der Waals surface area contributed by atoms with Crippen LogP contribution in [0.4, 0.5) is 17.3 Å². The second-order valence-corrected chi connectivity index (χ2v) is 3.53. The summed E-state index contributed by atoms with van der Waals surface area (Å²) in [7, 11) is 1.54. The molecule has 0 fully saturated rings. The van der Waals surface area contributed by atoms with E-state index in [4.69, 9.17) is 5.26 Å². The molecular formula is C11H9N5O2. The maximum atomic E-state index is 10.7. The van der Waals surface area contributed by atoms with Gasteiger partial charge >= 0.3 is 5.82 Å². The van der Waals surface area contributed by atoms with E-state index in [2.05, 4.69) is 10.4 Å². The summed E-state index contributed by atoms with van der Waals surface area (Å²) in [5, 5.41) is 26.4. The summed E-state index contributed by atoms with van der Waals surface area (Å²) in [6.45, 7) is 0. The lowest BCUT2D eigenvalue weighted by Gasteiger charge is -2.03. The third-order valence-electron chi connectivity index (χ3n) is 2.35. The van der Waals surface area contributed by atoms with Gasteiger partial charge in [0, 0.05) is 5.69 Å². The summed E-state index contributed by atoms with van der Waals surface area (Å²) in [5.41, 5.74) is 0.651. The molecule has 0 bridgehead atoms. The number of aryl methyl sites for hydroxylation is 1. The summed E-state index contributed by atoms with van der Waals surface area (Å²) in [6.07, 6.45) is 0. The van der Waals surface area contributed by atoms with Crippen molar-refractivity contribution in [2.24, 2.45) is 7.05 Å². The van der Waals surface area contributed by atoms with Gasteiger partial charge in [0.1, 0.15) is 6.07 Å². The zero-order valence-corrected chi connectivity index (χ0v) is 9.49. The molecule has 1 N–H and O–H groups in total. The molecule has 0 saturated carbocycles. The molecule has 0 spiro atoms. The first-order valence-electron chi connectivity index (χ1n) is 5.07. The number of rotatable bonds is 3. The van der Waals surface area contributed by atoms with Crippen LogP contribution in [0.1, 0.15) is 5.56 Å². The average molecular weight is 243 g/mol. The Morgan fingerprint density at radius 1 is 1.44 bits per heavy atom. The molecule has 1 heterocycles. The molecular weight excluding hydrogens is 234 g/mol. The fourth-order valence-corrected chi connectivity index (χ4v) is 1.54. The molecule has 2 rings (SSSR count). The van der Waals surface area contributed by atoms with Gasteiger partial charge in [-0.3, -0.25) is 0 Å². The Morgan fingerprint density at radius 3 is 2.67 bits per heavy atom. The number of hydrogen-bond donors (Lipinski definition) is 1. The normalized spacial score (nSPS) is 9.78. The van der Waals surface area contributed by atoms with Gasteiger partial charge in [-0.1, -0.05) is 18.2 Å². The van der Waals surface area contributed by atoms with Crippen molar-refractivity contribution in [2.45, 2.75) is 0 Å². The molecule has 18 heavy (non-hydrogen) atoms. The molecule has 0 aliphatic heterocycles. The standard InChI is InChI=1S/C11H9N5O2/c1-15-10(13-8-5-3-2-4-6-8)9(7-12)11(14-15)16(17)18/h2-6,13H,1H3. The minimum absolute atomic E-state index is 0.0775. The highest BCUT2D eigenvalue weighted by molar-refractivity contribution is 5.67. The number of benzene rings is 1. The highest BCUT2D eigenvalue weighted by atomic mass is 16.6. The molecule has 2 aromatic rings. The van der Waals surface area contributed by atoms with Gasteiger partial charge in [0.15, 0.2) is 11.4 Å². The van der Waals surface area contributed by atoms with E-state index in [-0.39, 0.29) is 5.56 Å². The van der Waals surface area contributed by atoms with Crippen LogP contribution < -0.4 is 5.32 Å². The van der Waals surface area contributed by atoms with Crippen LogP contribution in [-0.2, 0) is 7.05 Å². The van der Waals surface area contributed by atoms with Crippen LogP contribution in [0, 0.1) is 21.4 Å². The summed E-state index contributed by atoms with van der Waals surface area (Å²) in [6, 6.07) is 10.9. The SMILES string of the molecule is Cn1nc([N+](=O)[O-])c(C#N)c1Nc1ccccc1. The van der Waals surface area contributed by atoms with Crippen molar-refractivity contribution in [1.29, 1.82) is 5.26 Å². The van der Waals surface area contributed by atoms with E-state index in [0.717, 1.165) is 5.69 Å². The van der Waals surface area contributed by atoms with Crippen LogP contribution in [0.3, 0.4) is 0 Å². The van der Waals surface area contributed by atoms with Crippen LogP contribution in [-0.4, -0.2) is 14.7 Å². The lowest BCUT2D eigenvalue weighted by Crippen LogP contribution is -2.00. The van der Waals surface area contributed by atoms with Crippen LogP contribution >= 0.6 is 0 Å². The van der Waals surface area contributed by atoms with Crippen molar-refractivity contribution in [2.75, 3.05) is 5.32 Å². The molecule has 0 saturated heterocycles. The smallest absolute Gasteiger partial charge is 0.358 e. The number of nitriles is 1. The Balaban J connectivity index is 2.46. The molecule has 0 aliphatic rings. The van der Waals surface area contributed by atoms with E-state index in [1.165, 1.54) is 4.68 Å². The average Bonchev–Trinajstić information content (AvgIpc) is 2.68. The van der Waals surface area contributed by atoms with Crippen LogP contribution in [0.25, 0.3) is 0 Å². The summed E-state index contributed by atoms with van der Waals surface area (Å²) in [4.78, 5) is 10.1. The van der Waals surface area contributed by atoms with Gasteiger partial charge in [0.2, 0.25) is 0 Å². The van der Waals surface area contributed by atoms with Gasteiger partial charge in [-0.2, -0.15) is 9.94 Å². The number of para-hydroxylation sites is 1. The number of nitrogens with one attached hydrogen (secondary N) is 1. The van der Waals surface area contributed by atoms with Gasteiger partial charge in [-0.15, -0.1) is 0 Å². The Hall–Kier alpha value is -2.88. The van der Waals surface area contributed by atoms with Crippen LogP contribution in [0.15, 0.2) is 30.3 Å². The maximum Gasteiger partial charge on any atom is 0.410 e. The number of hydrogen-bond acceptors (Lipinski definition) is 5. The van der Waals surface area contributed by atoms with Gasteiger partial charge in [0.05, 0.1) is 12.1 Å². The molecule has 7 nitrogen and oxygen atoms in total. The molecule has 1 aromatic heterocycles. The highest BCUT2D eigenvalue weighted by Crippen LogP contribution is 2.26. The lowest BCUT2D eigenvalue weighted by molar-refractivity contribution is -0.390. The van der Waals surface area contributed by atoms with Gasteiger partial charge < -0.3 is 15.4 Å². The second-order valence-electron chi connectivity index (χ2n) is 3.53. The van der Waals surface area contributed by atoms with Gasteiger partial charge in [-0.05, 0) is 17.1 Å². The zero-order chi connectivity index (χ0) is 13.1. The second kappa shape index (κ2) is 4.55. The fourth-order valence-electron chi connectivity index (χ4n) is 1.54. The summed E-state index contributed by atoms with van der Waals surface area (Å²) < 4.78 is 1.28. The Kier molecular flexibility index (Phi) is 2.93. The largest absolute Gasteiger partial charge is 0.410 e. The highest BCUT2D eigenvalue weighted by Gasteiger charge is 2.26. The topological polar surface area (TPSA) is 96.8 Å². The Bertz CT molecular complexity index is 627. The molecule has 0 radical (unpaired) electrons. The van der Waals surface area contributed by atoms with E-state index in [1.807, 2.05) is 18.2 Å². The Labute approximate surface area is 102 Å². The molecule has 7 heteroatoms. The van der Waals surface area contributed by atoms with E-state index in [0.29, 0.717) is 5.82 Å². The van der Waals surface area contributed by atoms with Crippen molar-refractivity contribution in [3.63, 3.8) is 0 Å². The number of aromatic nitrogens is 2. The maximum absolute atomic E-state index is 10.7. The van der Waals surface area contributed by atoms with Crippen molar-refractivity contribution in [3.05, 3.63) is 46.0 Å². The third kappa shape index (κ3) is 1.99. The van der Waals surface area contributed by atoms with E-state index >= 15 is 0 Å². The summed E-state index contributed by atoms with van der Waals surface area (Å²) in [5.74, 6) is -0.145. The van der Waals surface area contributed by atoms with Crippen molar-refractivity contribution in [3.8, 4) is 6.07 Å². The first-order chi connectivity index (χ1) is 8.63. The predicted octanol–water partition coefficient (Wildman–Crippen LogP) is 1.94.